The maximum absolute atomic E-state index is 6.33. The van der Waals surface area contributed by atoms with Crippen molar-refractivity contribution < 1.29 is 0 Å². The molecule has 0 radical (unpaired) electrons. The lowest BCUT2D eigenvalue weighted by Crippen LogP contribution is -2.38. The molecule has 2 heteroatoms. The van der Waals surface area contributed by atoms with Crippen LogP contribution in [-0.4, -0.2) is 22.9 Å². The van der Waals surface area contributed by atoms with E-state index in [4.69, 9.17) is 11.6 Å². The van der Waals surface area contributed by atoms with Crippen LogP contribution in [0, 0.1) is 5.41 Å². The van der Waals surface area contributed by atoms with Gasteiger partial charge in [-0.05, 0) is 17.4 Å². The molecule has 0 spiro atoms. The first kappa shape index (κ1) is 12.9. The normalized spacial score (nSPS) is 26.4. The van der Waals surface area contributed by atoms with Crippen molar-refractivity contribution in [2.75, 3.05) is 6.54 Å². The van der Waals surface area contributed by atoms with E-state index in [-0.39, 0.29) is 0 Å². The highest BCUT2D eigenvalue weighted by atomic mass is 35.5. The molecular formula is C15H22ClN. The van der Waals surface area contributed by atoms with Crippen LogP contribution < -0.4 is 0 Å². The van der Waals surface area contributed by atoms with Crippen LogP contribution in [0.3, 0.4) is 0 Å². The fourth-order valence-electron chi connectivity index (χ4n) is 2.74. The van der Waals surface area contributed by atoms with Crippen LogP contribution in [0.2, 0.25) is 0 Å². The van der Waals surface area contributed by atoms with Crippen molar-refractivity contribution in [2.24, 2.45) is 5.41 Å². The second kappa shape index (κ2) is 4.99. The number of hydrogen-bond donors (Lipinski definition) is 0. The Morgan fingerprint density at radius 1 is 1.24 bits per heavy atom. The molecule has 1 aliphatic heterocycles. The fourth-order valence-corrected chi connectivity index (χ4v) is 3.09. The molecule has 1 heterocycles. The molecule has 0 aromatic heterocycles. The van der Waals surface area contributed by atoms with E-state index in [0.717, 1.165) is 19.5 Å². The second-order valence-electron chi connectivity index (χ2n) is 6.13. The number of benzene rings is 1. The van der Waals surface area contributed by atoms with Gasteiger partial charge >= 0.3 is 0 Å². The van der Waals surface area contributed by atoms with Gasteiger partial charge in [0.2, 0.25) is 0 Å². The van der Waals surface area contributed by atoms with Gasteiger partial charge in [0.05, 0.1) is 0 Å². The van der Waals surface area contributed by atoms with Crippen LogP contribution in [0.25, 0.3) is 0 Å². The minimum absolute atomic E-state index is 0.304. The number of hydrogen-bond acceptors (Lipinski definition) is 1. The van der Waals surface area contributed by atoms with E-state index in [1.807, 2.05) is 0 Å². The van der Waals surface area contributed by atoms with Gasteiger partial charge < -0.3 is 0 Å². The van der Waals surface area contributed by atoms with Crippen LogP contribution in [0.1, 0.15) is 32.8 Å². The Bertz CT molecular complexity index is 355. The minimum Gasteiger partial charge on any atom is -0.294 e. The van der Waals surface area contributed by atoms with Crippen molar-refractivity contribution in [3.8, 4) is 0 Å². The van der Waals surface area contributed by atoms with Gasteiger partial charge in [-0.25, -0.2) is 0 Å². The Kier molecular flexibility index (Phi) is 3.79. The molecule has 1 aromatic carbocycles. The Hall–Kier alpha value is -0.530. The number of rotatable bonds is 2. The summed E-state index contributed by atoms with van der Waals surface area (Å²) in [6.45, 7) is 8.96. The van der Waals surface area contributed by atoms with Gasteiger partial charge in [-0.1, -0.05) is 51.1 Å². The number of halogens is 1. The molecule has 1 fully saturated rings. The maximum atomic E-state index is 6.33. The molecule has 0 saturated carbocycles. The lowest BCUT2D eigenvalue weighted by molar-refractivity contribution is 0.134. The van der Waals surface area contributed by atoms with Crippen molar-refractivity contribution in [1.29, 1.82) is 0 Å². The topological polar surface area (TPSA) is 3.24 Å². The third kappa shape index (κ3) is 3.23. The van der Waals surface area contributed by atoms with E-state index in [2.05, 4.69) is 56.0 Å². The predicted molar refractivity (Wildman–Crippen MR) is 74.4 cm³/mol. The van der Waals surface area contributed by atoms with Gasteiger partial charge in [0.25, 0.3) is 0 Å². The van der Waals surface area contributed by atoms with Gasteiger partial charge in [0.1, 0.15) is 0 Å². The number of likely N-dealkylation sites (tertiary alicyclic amines) is 1. The van der Waals surface area contributed by atoms with E-state index in [9.17, 15) is 0 Å². The Labute approximate surface area is 110 Å². The average Bonchev–Trinajstić information content (AvgIpc) is 2.60. The first-order chi connectivity index (χ1) is 7.97. The van der Waals surface area contributed by atoms with Crippen molar-refractivity contribution in [1.82, 2.24) is 4.90 Å². The van der Waals surface area contributed by atoms with Gasteiger partial charge in [0, 0.05) is 24.5 Å². The number of nitrogens with zero attached hydrogens (tertiary/aromatic N) is 1. The third-order valence-corrected chi connectivity index (χ3v) is 3.90. The van der Waals surface area contributed by atoms with Crippen molar-refractivity contribution in [3.05, 3.63) is 35.9 Å². The van der Waals surface area contributed by atoms with Gasteiger partial charge in [-0.15, -0.1) is 11.6 Å². The van der Waals surface area contributed by atoms with E-state index < -0.39 is 0 Å². The van der Waals surface area contributed by atoms with Gasteiger partial charge in [-0.2, -0.15) is 0 Å². The van der Waals surface area contributed by atoms with Gasteiger partial charge in [0.15, 0.2) is 0 Å². The minimum atomic E-state index is 0.304. The summed E-state index contributed by atoms with van der Waals surface area (Å²) in [4.78, 5) is 2.53. The van der Waals surface area contributed by atoms with Gasteiger partial charge in [-0.3, -0.25) is 4.90 Å². The molecule has 0 amide bonds. The van der Waals surface area contributed by atoms with Crippen molar-refractivity contribution in [2.45, 2.75) is 45.2 Å². The lowest BCUT2D eigenvalue weighted by atomic mass is 9.85. The highest BCUT2D eigenvalue weighted by Crippen LogP contribution is 2.35. The summed E-state index contributed by atoms with van der Waals surface area (Å²) in [6.07, 6.45) is 1.11. The Morgan fingerprint density at radius 3 is 2.47 bits per heavy atom. The zero-order valence-corrected chi connectivity index (χ0v) is 11.7. The van der Waals surface area contributed by atoms with Crippen molar-refractivity contribution >= 4 is 11.6 Å². The molecule has 0 aliphatic carbocycles. The molecule has 0 N–H and O–H groups in total. The summed E-state index contributed by atoms with van der Waals surface area (Å²) < 4.78 is 0. The third-order valence-electron chi connectivity index (χ3n) is 3.58. The molecule has 17 heavy (non-hydrogen) atoms. The second-order valence-corrected chi connectivity index (χ2v) is 6.75. The first-order valence-corrected chi connectivity index (χ1v) is 6.82. The summed E-state index contributed by atoms with van der Waals surface area (Å²) in [6, 6.07) is 11.3. The summed E-state index contributed by atoms with van der Waals surface area (Å²) in [5, 5.41) is 0.308. The SMILES string of the molecule is CC(C)(C)[C@@H]1C[C@H](Cl)CN1Cc1ccccc1. The predicted octanol–water partition coefficient (Wildman–Crippen LogP) is 3.91. The largest absolute Gasteiger partial charge is 0.294 e. The zero-order chi connectivity index (χ0) is 12.5. The van der Waals surface area contributed by atoms with E-state index in [1.165, 1.54) is 5.56 Å². The molecule has 1 nitrogen and oxygen atoms in total. The zero-order valence-electron chi connectivity index (χ0n) is 11.0. The molecule has 0 bridgehead atoms. The van der Waals surface area contributed by atoms with Crippen molar-refractivity contribution in [3.63, 3.8) is 0 Å². The van der Waals surface area contributed by atoms with Crippen LogP contribution in [-0.2, 0) is 6.54 Å². The summed E-state index contributed by atoms with van der Waals surface area (Å²) in [5.74, 6) is 0. The van der Waals surface area contributed by atoms with Crippen LogP contribution >= 0.6 is 11.6 Å². The summed E-state index contributed by atoms with van der Waals surface area (Å²) in [5.41, 5.74) is 1.69. The molecule has 0 unspecified atom stereocenters. The smallest absolute Gasteiger partial charge is 0.0478 e. The van der Waals surface area contributed by atoms with Crippen LogP contribution in [0.5, 0.6) is 0 Å². The van der Waals surface area contributed by atoms with Crippen LogP contribution in [0.4, 0.5) is 0 Å². The maximum Gasteiger partial charge on any atom is 0.0478 e. The average molecular weight is 252 g/mol. The van der Waals surface area contributed by atoms with Crippen LogP contribution in [0.15, 0.2) is 30.3 Å². The number of alkyl halides is 1. The molecule has 1 saturated heterocycles. The highest BCUT2D eigenvalue weighted by Gasteiger charge is 2.38. The molecule has 1 aliphatic rings. The standard InChI is InChI=1S/C15H22ClN/c1-15(2,3)14-9-13(16)11-17(14)10-12-7-5-4-6-8-12/h4-8,13-14H,9-11H2,1-3H3/t13-,14-/m0/s1. The highest BCUT2D eigenvalue weighted by molar-refractivity contribution is 6.21. The summed E-state index contributed by atoms with van der Waals surface area (Å²) >= 11 is 6.33. The molecule has 1 aromatic rings. The Morgan fingerprint density at radius 2 is 1.88 bits per heavy atom. The molecular weight excluding hydrogens is 230 g/mol. The van der Waals surface area contributed by atoms with E-state index in [1.54, 1.807) is 0 Å². The summed E-state index contributed by atoms with van der Waals surface area (Å²) in [7, 11) is 0. The quantitative estimate of drug-likeness (QED) is 0.721. The first-order valence-electron chi connectivity index (χ1n) is 6.39. The lowest BCUT2D eigenvalue weighted by Gasteiger charge is -2.35. The van der Waals surface area contributed by atoms with E-state index >= 15 is 0 Å². The Balaban J connectivity index is 2.09. The molecule has 2 atom stereocenters. The monoisotopic (exact) mass is 251 g/mol. The van der Waals surface area contributed by atoms with E-state index in [0.29, 0.717) is 16.8 Å². The molecule has 2 rings (SSSR count). The molecule has 94 valence electrons. The fraction of sp³-hybridized carbons (Fsp3) is 0.600.